The zero-order valence-electron chi connectivity index (χ0n) is 19.6. The van der Waals surface area contributed by atoms with Crippen molar-refractivity contribution in [2.24, 2.45) is 0 Å². The zero-order valence-corrected chi connectivity index (χ0v) is 19.6. The number of hydrogen-bond acceptors (Lipinski definition) is 5. The minimum atomic E-state index is 0.615. The van der Waals surface area contributed by atoms with E-state index in [9.17, 15) is 0 Å². The monoisotopic (exact) mass is 463 g/mol. The average molecular weight is 464 g/mol. The Bertz CT molecular complexity index is 1610. The van der Waals surface area contributed by atoms with Crippen molar-refractivity contribution in [3.63, 3.8) is 0 Å². The number of H-pyrrole nitrogens is 2. The summed E-state index contributed by atoms with van der Waals surface area (Å²) in [6.45, 7) is 1.46. The van der Waals surface area contributed by atoms with Crippen LogP contribution in [0.1, 0.15) is 0 Å². The summed E-state index contributed by atoms with van der Waals surface area (Å²) in [6, 6.07) is 18.7. The highest BCUT2D eigenvalue weighted by Crippen LogP contribution is 2.35. The van der Waals surface area contributed by atoms with Gasteiger partial charge in [0.1, 0.15) is 18.1 Å². The number of hydrogen-bond donors (Lipinski definition) is 2. The molecule has 0 saturated carbocycles. The highest BCUT2D eigenvalue weighted by Gasteiger charge is 2.15. The van der Waals surface area contributed by atoms with E-state index < -0.39 is 0 Å². The molecule has 0 aliphatic rings. The van der Waals surface area contributed by atoms with Gasteiger partial charge in [-0.3, -0.25) is 10.1 Å². The third-order valence-electron chi connectivity index (χ3n) is 6.17. The second kappa shape index (κ2) is 8.77. The smallest absolute Gasteiger partial charge is 0.138 e. The maximum atomic E-state index is 5.89. The Labute approximate surface area is 202 Å². The molecule has 2 N–H and O–H groups in total. The van der Waals surface area contributed by atoms with Gasteiger partial charge in [-0.25, -0.2) is 0 Å². The number of benzene rings is 2. The lowest BCUT2D eigenvalue weighted by Gasteiger charge is -2.11. The van der Waals surface area contributed by atoms with Crippen molar-refractivity contribution in [3.8, 4) is 39.4 Å². The number of ether oxygens (including phenoxy) is 1. The fourth-order valence-electron chi connectivity index (χ4n) is 4.35. The molecule has 2 aromatic carbocycles. The van der Waals surface area contributed by atoms with E-state index in [-0.39, 0.29) is 0 Å². The first-order valence-electron chi connectivity index (χ1n) is 11.5. The predicted molar refractivity (Wildman–Crippen MR) is 138 cm³/mol. The SMILES string of the molecule is CN(C)CCOc1cncc(-c2ccc3[nH]nc(-c4cc5c(-c6ccoc6)cccc5[nH]4)c3c2)c1. The summed E-state index contributed by atoms with van der Waals surface area (Å²) in [5, 5.41) is 9.98. The molecule has 0 atom stereocenters. The van der Waals surface area contributed by atoms with Gasteiger partial charge < -0.3 is 19.0 Å². The molecule has 7 heteroatoms. The first-order valence-corrected chi connectivity index (χ1v) is 11.5. The van der Waals surface area contributed by atoms with Gasteiger partial charge >= 0.3 is 0 Å². The molecule has 0 bridgehead atoms. The summed E-state index contributed by atoms with van der Waals surface area (Å²) in [5.41, 5.74) is 8.09. The maximum absolute atomic E-state index is 5.89. The van der Waals surface area contributed by atoms with E-state index in [1.165, 1.54) is 0 Å². The molecule has 4 heterocycles. The van der Waals surface area contributed by atoms with E-state index in [4.69, 9.17) is 9.15 Å². The van der Waals surface area contributed by atoms with E-state index in [2.05, 4.69) is 61.5 Å². The summed E-state index contributed by atoms with van der Waals surface area (Å²) in [4.78, 5) is 10.0. The van der Waals surface area contributed by atoms with Gasteiger partial charge in [0.05, 0.1) is 29.9 Å². The Kier molecular flexibility index (Phi) is 5.31. The second-order valence-electron chi connectivity index (χ2n) is 8.86. The Morgan fingerprint density at radius 2 is 1.86 bits per heavy atom. The Morgan fingerprint density at radius 1 is 0.914 bits per heavy atom. The molecule has 0 spiro atoms. The minimum Gasteiger partial charge on any atom is -0.491 e. The van der Waals surface area contributed by atoms with Crippen LogP contribution < -0.4 is 4.74 Å². The van der Waals surface area contributed by atoms with E-state index in [1.54, 1.807) is 18.7 Å². The van der Waals surface area contributed by atoms with Crippen molar-refractivity contribution in [3.05, 3.63) is 79.5 Å². The molecule has 0 amide bonds. The first kappa shape index (κ1) is 21.2. The van der Waals surface area contributed by atoms with Crippen molar-refractivity contribution in [1.82, 2.24) is 25.1 Å². The van der Waals surface area contributed by atoms with Gasteiger partial charge in [-0.05, 0) is 61.6 Å². The van der Waals surface area contributed by atoms with Crippen LogP contribution in [-0.2, 0) is 0 Å². The number of nitrogens with one attached hydrogen (secondary N) is 2. The Morgan fingerprint density at radius 3 is 2.71 bits per heavy atom. The molecule has 0 aliphatic heterocycles. The molecule has 0 aliphatic carbocycles. The van der Waals surface area contributed by atoms with Crippen LogP contribution in [0.2, 0.25) is 0 Å². The zero-order chi connectivity index (χ0) is 23.8. The van der Waals surface area contributed by atoms with Gasteiger partial charge in [0, 0.05) is 40.2 Å². The van der Waals surface area contributed by atoms with Gasteiger partial charge in [0.25, 0.3) is 0 Å². The molecule has 35 heavy (non-hydrogen) atoms. The normalized spacial score (nSPS) is 11.6. The highest BCUT2D eigenvalue weighted by atomic mass is 16.5. The van der Waals surface area contributed by atoms with Crippen LogP contribution in [0.3, 0.4) is 0 Å². The lowest BCUT2D eigenvalue weighted by atomic mass is 10.0. The van der Waals surface area contributed by atoms with Gasteiger partial charge in [0.15, 0.2) is 0 Å². The lowest BCUT2D eigenvalue weighted by molar-refractivity contribution is 0.261. The largest absolute Gasteiger partial charge is 0.491 e. The molecule has 4 aromatic heterocycles. The summed E-state index contributed by atoms with van der Waals surface area (Å²) in [6.07, 6.45) is 7.08. The number of rotatable bonds is 7. The first-order chi connectivity index (χ1) is 17.2. The molecule has 0 fully saturated rings. The molecule has 0 radical (unpaired) electrons. The number of likely N-dealkylation sites (N-methyl/N-ethyl adjacent to an activating group) is 1. The van der Waals surface area contributed by atoms with Crippen LogP contribution in [0.5, 0.6) is 5.75 Å². The van der Waals surface area contributed by atoms with Crippen LogP contribution in [0.15, 0.2) is 83.9 Å². The fourth-order valence-corrected chi connectivity index (χ4v) is 4.35. The summed E-state index contributed by atoms with van der Waals surface area (Å²) >= 11 is 0. The van der Waals surface area contributed by atoms with Crippen LogP contribution in [-0.4, -0.2) is 52.3 Å². The topological polar surface area (TPSA) is 83.0 Å². The molecule has 0 saturated heterocycles. The van der Waals surface area contributed by atoms with Gasteiger partial charge in [-0.1, -0.05) is 18.2 Å². The van der Waals surface area contributed by atoms with Crippen LogP contribution in [0, 0.1) is 0 Å². The number of aromatic amines is 2. The predicted octanol–water partition coefficient (Wildman–Crippen LogP) is 5.97. The van der Waals surface area contributed by atoms with E-state index in [0.29, 0.717) is 6.61 Å². The molecule has 6 rings (SSSR count). The summed E-state index contributed by atoms with van der Waals surface area (Å²) in [7, 11) is 4.06. The average Bonchev–Trinajstić information content (AvgIpc) is 3.62. The van der Waals surface area contributed by atoms with Gasteiger partial charge in [-0.2, -0.15) is 5.10 Å². The van der Waals surface area contributed by atoms with Gasteiger partial charge in [0.2, 0.25) is 0 Å². The molecule has 174 valence electrons. The number of nitrogens with zero attached hydrogens (tertiary/aromatic N) is 3. The standard InChI is InChI=1S/C28H25N5O2/c1-33(2)9-11-35-21-12-20(15-29-16-21)18-6-7-26-24(13-18)28(32-31-26)27-14-23-22(19-8-10-34-17-19)4-3-5-25(23)30-27/h3-8,10,12-17,30H,9,11H2,1-2H3,(H,31,32). The minimum absolute atomic E-state index is 0.615. The number of aromatic nitrogens is 4. The second-order valence-corrected chi connectivity index (χ2v) is 8.86. The van der Waals surface area contributed by atoms with Crippen molar-refractivity contribution in [2.75, 3.05) is 27.2 Å². The third-order valence-corrected chi connectivity index (χ3v) is 6.17. The molecular weight excluding hydrogens is 438 g/mol. The van der Waals surface area contributed by atoms with Crippen molar-refractivity contribution >= 4 is 21.8 Å². The van der Waals surface area contributed by atoms with Crippen molar-refractivity contribution in [1.29, 1.82) is 0 Å². The highest BCUT2D eigenvalue weighted by molar-refractivity contribution is 6.01. The number of furan rings is 1. The van der Waals surface area contributed by atoms with E-state index >= 15 is 0 Å². The lowest BCUT2D eigenvalue weighted by Crippen LogP contribution is -2.19. The Hall–Kier alpha value is -4.36. The maximum Gasteiger partial charge on any atom is 0.138 e. The third kappa shape index (κ3) is 4.06. The van der Waals surface area contributed by atoms with Crippen LogP contribution in [0.4, 0.5) is 0 Å². The van der Waals surface area contributed by atoms with Crippen LogP contribution >= 0.6 is 0 Å². The van der Waals surface area contributed by atoms with Gasteiger partial charge in [-0.15, -0.1) is 0 Å². The summed E-state index contributed by atoms with van der Waals surface area (Å²) < 4.78 is 11.2. The van der Waals surface area contributed by atoms with Crippen molar-refractivity contribution in [2.45, 2.75) is 0 Å². The van der Waals surface area contributed by atoms with Crippen molar-refractivity contribution < 1.29 is 9.15 Å². The fraction of sp³-hybridized carbons (Fsp3) is 0.143. The quantitative estimate of drug-likeness (QED) is 0.305. The van der Waals surface area contributed by atoms with Crippen LogP contribution in [0.25, 0.3) is 55.4 Å². The number of fused-ring (bicyclic) bond motifs is 2. The molecule has 0 unspecified atom stereocenters. The van der Waals surface area contributed by atoms with E-state index in [0.717, 1.165) is 67.7 Å². The number of pyridine rings is 1. The molecule has 7 nitrogen and oxygen atoms in total. The Balaban J connectivity index is 1.38. The van der Waals surface area contributed by atoms with E-state index in [1.807, 2.05) is 38.5 Å². The molecular formula is C28H25N5O2. The molecule has 6 aromatic rings. The summed E-state index contributed by atoms with van der Waals surface area (Å²) in [5.74, 6) is 0.763.